The minimum absolute atomic E-state index is 0.617. The molecule has 0 N–H and O–H groups in total. The first kappa shape index (κ1) is 31.4. The quantitative estimate of drug-likeness (QED) is 0.166. The van der Waals surface area contributed by atoms with Crippen molar-refractivity contribution in [1.29, 1.82) is 0 Å². The molecule has 0 saturated carbocycles. The highest BCUT2D eigenvalue weighted by Crippen LogP contribution is 2.51. The molecule has 5 nitrogen and oxygen atoms in total. The second-order valence-corrected chi connectivity index (χ2v) is 13.2. The van der Waals surface area contributed by atoms with Gasteiger partial charge < -0.3 is 9.64 Å². The maximum Gasteiger partial charge on any atom is 0.164 e. The number of para-hydroxylation sites is 3. The van der Waals surface area contributed by atoms with Gasteiger partial charge in [0.1, 0.15) is 11.5 Å². The summed E-state index contributed by atoms with van der Waals surface area (Å²) >= 11 is 0. The maximum atomic E-state index is 6.86. The van der Waals surface area contributed by atoms with Crippen molar-refractivity contribution in [1.82, 2.24) is 15.0 Å². The Balaban J connectivity index is 1.07. The van der Waals surface area contributed by atoms with Crippen molar-refractivity contribution in [3.05, 3.63) is 194 Å². The molecule has 0 spiro atoms. The predicted molar refractivity (Wildman–Crippen MR) is 219 cm³/mol. The first-order chi connectivity index (χ1) is 26.8. The van der Waals surface area contributed by atoms with Crippen LogP contribution >= 0.6 is 0 Å². The molecule has 8 aromatic carbocycles. The van der Waals surface area contributed by atoms with E-state index in [1.54, 1.807) is 0 Å². The lowest BCUT2D eigenvalue weighted by atomic mass is 9.90. The van der Waals surface area contributed by atoms with Gasteiger partial charge in [-0.1, -0.05) is 146 Å². The van der Waals surface area contributed by atoms with Crippen LogP contribution in [-0.2, 0) is 0 Å². The van der Waals surface area contributed by atoms with Gasteiger partial charge in [-0.05, 0) is 65.0 Å². The molecule has 1 aromatic heterocycles. The van der Waals surface area contributed by atoms with Gasteiger partial charge in [0.15, 0.2) is 17.5 Å². The molecule has 54 heavy (non-hydrogen) atoms. The van der Waals surface area contributed by atoms with E-state index in [0.717, 1.165) is 78.3 Å². The lowest BCUT2D eigenvalue weighted by Crippen LogP contribution is -2.09. The van der Waals surface area contributed by atoms with Crippen molar-refractivity contribution in [3.8, 4) is 67.9 Å². The van der Waals surface area contributed by atoms with Crippen LogP contribution in [0, 0.1) is 0 Å². The molecule has 2 heterocycles. The number of ether oxygens (including phenoxy) is 1. The molecular weight excluding hydrogens is 661 g/mol. The summed E-state index contributed by atoms with van der Waals surface area (Å²) in [7, 11) is 0. The minimum Gasteiger partial charge on any atom is -0.455 e. The Morgan fingerprint density at radius 3 is 1.44 bits per heavy atom. The summed E-state index contributed by atoms with van der Waals surface area (Å²) in [4.78, 5) is 17.3. The predicted octanol–water partition coefficient (Wildman–Crippen LogP) is 12.9. The fraction of sp³-hybridized carbons (Fsp3) is 0. The number of hydrogen-bond acceptors (Lipinski definition) is 5. The smallest absolute Gasteiger partial charge is 0.164 e. The van der Waals surface area contributed by atoms with Crippen LogP contribution in [0.4, 0.5) is 17.1 Å². The summed E-state index contributed by atoms with van der Waals surface area (Å²) in [5.74, 6) is 3.53. The Morgan fingerprint density at radius 1 is 0.333 bits per heavy atom. The van der Waals surface area contributed by atoms with Crippen LogP contribution in [0.5, 0.6) is 11.5 Å². The highest BCUT2D eigenvalue weighted by molar-refractivity contribution is 6.10. The molecule has 0 aliphatic carbocycles. The monoisotopic (exact) mass is 692 g/mol. The lowest BCUT2D eigenvalue weighted by Gasteiger charge is -2.26. The van der Waals surface area contributed by atoms with E-state index in [2.05, 4.69) is 126 Å². The van der Waals surface area contributed by atoms with Gasteiger partial charge in [0.25, 0.3) is 0 Å². The van der Waals surface area contributed by atoms with Crippen molar-refractivity contribution >= 4 is 27.8 Å². The Hall–Kier alpha value is -7.37. The SMILES string of the molecule is c1ccc(-c2nc(-c3ccccc3)nc(-c3ccc4c5c(cccc35)-c3cccc(-c5ccc(N(c6ccccc6)c6ccccc6)cc5)c3O4)n2)cc1. The molecule has 0 fully saturated rings. The molecule has 9 aromatic rings. The van der Waals surface area contributed by atoms with Gasteiger partial charge in [-0.15, -0.1) is 0 Å². The van der Waals surface area contributed by atoms with Gasteiger partial charge in [0, 0.05) is 50.3 Å². The number of rotatable bonds is 7. The number of anilines is 3. The first-order valence-corrected chi connectivity index (χ1v) is 18.0. The normalized spacial score (nSPS) is 11.5. The molecule has 254 valence electrons. The fourth-order valence-electron chi connectivity index (χ4n) is 7.40. The van der Waals surface area contributed by atoms with Crippen LogP contribution in [0.2, 0.25) is 0 Å². The molecule has 1 aliphatic heterocycles. The molecular formula is C49H32N4O. The number of fused-ring (bicyclic) bond motifs is 2. The number of benzene rings is 8. The van der Waals surface area contributed by atoms with E-state index in [0.29, 0.717) is 17.5 Å². The standard InChI is InChI=1S/C49H32N4O/c1-5-15-34(16-6-1)47-50-48(35-17-7-2-8-18-35)52-49(51-47)43-31-32-44-45-40(24-14-25-41(43)45)42-26-13-23-39(46(42)54-44)33-27-29-38(30-28-33)53(36-19-9-3-10-20-36)37-21-11-4-12-22-37/h1-32H. The molecule has 1 aliphatic rings. The van der Waals surface area contributed by atoms with E-state index in [1.807, 2.05) is 72.8 Å². The second-order valence-electron chi connectivity index (χ2n) is 13.2. The van der Waals surface area contributed by atoms with Gasteiger partial charge in [-0.3, -0.25) is 0 Å². The van der Waals surface area contributed by atoms with Crippen molar-refractivity contribution in [2.45, 2.75) is 0 Å². The van der Waals surface area contributed by atoms with Crippen LogP contribution < -0.4 is 9.64 Å². The highest BCUT2D eigenvalue weighted by atomic mass is 16.5. The first-order valence-electron chi connectivity index (χ1n) is 18.0. The highest BCUT2D eigenvalue weighted by Gasteiger charge is 2.25. The Kier molecular flexibility index (Phi) is 7.73. The average molecular weight is 693 g/mol. The second kappa shape index (κ2) is 13.3. The summed E-state index contributed by atoms with van der Waals surface area (Å²) in [5.41, 5.74) is 10.4. The fourth-order valence-corrected chi connectivity index (χ4v) is 7.40. The Labute approximate surface area is 313 Å². The van der Waals surface area contributed by atoms with Gasteiger partial charge >= 0.3 is 0 Å². The topological polar surface area (TPSA) is 51.1 Å². The molecule has 0 unspecified atom stereocenters. The van der Waals surface area contributed by atoms with E-state index in [-0.39, 0.29) is 0 Å². The van der Waals surface area contributed by atoms with Crippen LogP contribution in [0.3, 0.4) is 0 Å². The van der Waals surface area contributed by atoms with Crippen molar-refractivity contribution < 1.29 is 4.74 Å². The van der Waals surface area contributed by atoms with Crippen LogP contribution in [0.25, 0.3) is 67.2 Å². The number of hydrogen-bond donors (Lipinski definition) is 0. The molecule has 10 rings (SSSR count). The minimum atomic E-state index is 0.617. The number of aromatic nitrogens is 3. The number of nitrogens with zero attached hydrogens (tertiary/aromatic N) is 4. The molecule has 0 amide bonds. The third-order valence-electron chi connectivity index (χ3n) is 9.93. The maximum absolute atomic E-state index is 6.86. The van der Waals surface area contributed by atoms with Crippen molar-refractivity contribution in [2.75, 3.05) is 4.90 Å². The van der Waals surface area contributed by atoms with Gasteiger partial charge in [-0.25, -0.2) is 15.0 Å². The molecule has 0 atom stereocenters. The largest absolute Gasteiger partial charge is 0.455 e. The van der Waals surface area contributed by atoms with E-state index in [9.17, 15) is 0 Å². The molecule has 0 saturated heterocycles. The third-order valence-corrected chi connectivity index (χ3v) is 9.93. The average Bonchev–Trinajstić information content (AvgIpc) is 3.25. The zero-order valence-electron chi connectivity index (χ0n) is 29.2. The summed E-state index contributed by atoms with van der Waals surface area (Å²) < 4.78 is 6.86. The third kappa shape index (κ3) is 5.56. The van der Waals surface area contributed by atoms with E-state index in [1.165, 1.54) is 0 Å². The van der Waals surface area contributed by atoms with Gasteiger partial charge in [-0.2, -0.15) is 0 Å². The summed E-state index contributed by atoms with van der Waals surface area (Å²) in [5, 5.41) is 2.07. The zero-order valence-corrected chi connectivity index (χ0v) is 29.2. The molecule has 0 radical (unpaired) electrons. The van der Waals surface area contributed by atoms with E-state index < -0.39 is 0 Å². The summed E-state index contributed by atoms with van der Waals surface area (Å²) in [6.45, 7) is 0. The zero-order chi connectivity index (χ0) is 35.8. The van der Waals surface area contributed by atoms with E-state index >= 15 is 0 Å². The van der Waals surface area contributed by atoms with Crippen molar-refractivity contribution in [2.24, 2.45) is 0 Å². The van der Waals surface area contributed by atoms with Crippen LogP contribution in [0.1, 0.15) is 0 Å². The summed E-state index contributed by atoms with van der Waals surface area (Å²) in [6.07, 6.45) is 0. The van der Waals surface area contributed by atoms with Gasteiger partial charge in [0.2, 0.25) is 0 Å². The Bertz CT molecular complexity index is 2680. The lowest BCUT2D eigenvalue weighted by molar-refractivity contribution is 0.489. The Morgan fingerprint density at radius 2 is 0.833 bits per heavy atom. The van der Waals surface area contributed by atoms with Gasteiger partial charge in [0.05, 0.1) is 0 Å². The van der Waals surface area contributed by atoms with E-state index in [4.69, 9.17) is 19.7 Å². The van der Waals surface area contributed by atoms with Crippen molar-refractivity contribution in [3.63, 3.8) is 0 Å². The van der Waals surface area contributed by atoms with Crippen LogP contribution in [-0.4, -0.2) is 15.0 Å². The molecule has 5 heteroatoms. The molecule has 0 bridgehead atoms. The summed E-state index contributed by atoms with van der Waals surface area (Å²) in [6, 6.07) is 66.7. The van der Waals surface area contributed by atoms with Crippen LogP contribution in [0.15, 0.2) is 194 Å².